The van der Waals surface area contributed by atoms with Crippen LogP contribution in [-0.2, 0) is 16.0 Å². The zero-order valence-electron chi connectivity index (χ0n) is 12.5. The predicted molar refractivity (Wildman–Crippen MR) is 99.9 cm³/mol. The van der Waals surface area contributed by atoms with E-state index in [2.05, 4.69) is 21.2 Å². The molecular weight excluding hydrogens is 415 g/mol. The van der Waals surface area contributed by atoms with Crippen molar-refractivity contribution in [1.82, 2.24) is 0 Å². The standard InChI is InChI=1S/C17H13BrCl2N2O2/c18-11-2-5-15-10(7-11)1-6-17(24)22(15)9-16(23)21-12-3-4-13(19)14(20)8-12/h2-5,7-8H,1,6,9H2,(H,21,23). The van der Waals surface area contributed by atoms with Crippen LogP contribution >= 0.6 is 39.1 Å². The minimum absolute atomic E-state index is 0.0479. The summed E-state index contributed by atoms with van der Waals surface area (Å²) in [7, 11) is 0. The predicted octanol–water partition coefficient (Wildman–Crippen LogP) is 4.67. The lowest BCUT2D eigenvalue weighted by Gasteiger charge is -2.29. The van der Waals surface area contributed by atoms with Gasteiger partial charge in [0.05, 0.1) is 10.0 Å². The molecule has 2 aromatic carbocycles. The summed E-state index contributed by atoms with van der Waals surface area (Å²) in [6.45, 7) is -0.0479. The Bertz CT molecular complexity index is 826. The second-order valence-electron chi connectivity index (χ2n) is 5.43. The number of halogens is 3. The summed E-state index contributed by atoms with van der Waals surface area (Å²) in [5.41, 5.74) is 2.36. The first kappa shape index (κ1) is 17.3. The normalized spacial score (nSPS) is 13.6. The Balaban J connectivity index is 1.76. The van der Waals surface area contributed by atoms with Gasteiger partial charge in [0.2, 0.25) is 11.8 Å². The first-order chi connectivity index (χ1) is 11.4. The van der Waals surface area contributed by atoms with Crippen LogP contribution in [0.4, 0.5) is 11.4 Å². The number of amides is 2. The van der Waals surface area contributed by atoms with E-state index in [-0.39, 0.29) is 18.4 Å². The van der Waals surface area contributed by atoms with Crippen molar-refractivity contribution in [3.63, 3.8) is 0 Å². The highest BCUT2D eigenvalue weighted by atomic mass is 79.9. The summed E-state index contributed by atoms with van der Waals surface area (Å²) in [5.74, 6) is -0.355. The first-order valence-corrected chi connectivity index (χ1v) is 8.82. The van der Waals surface area contributed by atoms with Crippen LogP contribution in [-0.4, -0.2) is 18.4 Å². The Hall–Kier alpha value is -1.56. The quantitative estimate of drug-likeness (QED) is 0.773. The van der Waals surface area contributed by atoms with E-state index in [0.29, 0.717) is 28.6 Å². The molecule has 0 saturated carbocycles. The molecule has 0 unspecified atom stereocenters. The fourth-order valence-electron chi connectivity index (χ4n) is 2.62. The van der Waals surface area contributed by atoms with Gasteiger partial charge in [-0.05, 0) is 48.4 Å². The lowest BCUT2D eigenvalue weighted by molar-refractivity contribution is -0.121. The van der Waals surface area contributed by atoms with Crippen LogP contribution in [0.15, 0.2) is 40.9 Å². The maximum absolute atomic E-state index is 12.3. The molecule has 1 aliphatic rings. The SMILES string of the molecule is O=C(CN1C(=O)CCc2cc(Br)ccc21)Nc1ccc(Cl)c(Cl)c1. The molecule has 1 heterocycles. The second-order valence-corrected chi connectivity index (χ2v) is 7.16. The topological polar surface area (TPSA) is 49.4 Å². The average Bonchev–Trinajstić information content (AvgIpc) is 2.53. The molecule has 24 heavy (non-hydrogen) atoms. The molecule has 0 radical (unpaired) electrons. The second kappa shape index (κ2) is 7.13. The number of rotatable bonds is 3. The van der Waals surface area contributed by atoms with Gasteiger partial charge in [0.15, 0.2) is 0 Å². The molecule has 2 aromatic rings. The summed E-state index contributed by atoms with van der Waals surface area (Å²) < 4.78 is 0.954. The van der Waals surface area contributed by atoms with E-state index >= 15 is 0 Å². The minimum Gasteiger partial charge on any atom is -0.324 e. The summed E-state index contributed by atoms with van der Waals surface area (Å²) >= 11 is 15.2. The van der Waals surface area contributed by atoms with Gasteiger partial charge < -0.3 is 10.2 Å². The first-order valence-electron chi connectivity index (χ1n) is 7.28. The van der Waals surface area contributed by atoms with Gasteiger partial charge in [-0.3, -0.25) is 9.59 Å². The number of aryl methyl sites for hydroxylation is 1. The van der Waals surface area contributed by atoms with Crippen LogP contribution in [0.3, 0.4) is 0 Å². The highest BCUT2D eigenvalue weighted by Crippen LogP contribution is 2.30. The zero-order chi connectivity index (χ0) is 17.3. The molecule has 0 fully saturated rings. The van der Waals surface area contributed by atoms with Crippen LogP contribution in [0.1, 0.15) is 12.0 Å². The molecule has 4 nitrogen and oxygen atoms in total. The van der Waals surface area contributed by atoms with Crippen molar-refractivity contribution in [2.75, 3.05) is 16.8 Å². The molecule has 3 rings (SSSR count). The highest BCUT2D eigenvalue weighted by molar-refractivity contribution is 9.10. The van der Waals surface area contributed by atoms with E-state index in [0.717, 1.165) is 15.7 Å². The molecule has 7 heteroatoms. The van der Waals surface area contributed by atoms with Gasteiger partial charge >= 0.3 is 0 Å². The van der Waals surface area contributed by atoms with E-state index in [4.69, 9.17) is 23.2 Å². The van der Waals surface area contributed by atoms with Gasteiger partial charge in [-0.1, -0.05) is 39.1 Å². The molecule has 1 aliphatic heterocycles. The number of nitrogens with zero attached hydrogens (tertiary/aromatic N) is 1. The van der Waals surface area contributed by atoms with Gasteiger partial charge in [-0.2, -0.15) is 0 Å². The smallest absolute Gasteiger partial charge is 0.244 e. The average molecular weight is 428 g/mol. The molecule has 1 N–H and O–H groups in total. The number of carbonyl (C=O) groups is 2. The van der Waals surface area contributed by atoms with Gasteiger partial charge in [-0.15, -0.1) is 0 Å². The molecule has 0 aliphatic carbocycles. The molecule has 0 atom stereocenters. The summed E-state index contributed by atoms with van der Waals surface area (Å²) in [6.07, 6.45) is 1.07. The maximum Gasteiger partial charge on any atom is 0.244 e. The number of nitrogens with one attached hydrogen (secondary N) is 1. The van der Waals surface area contributed by atoms with E-state index < -0.39 is 0 Å². The molecule has 0 spiro atoms. The number of carbonyl (C=O) groups excluding carboxylic acids is 2. The number of fused-ring (bicyclic) bond motifs is 1. The lowest BCUT2D eigenvalue weighted by atomic mass is 10.0. The number of anilines is 2. The van der Waals surface area contributed by atoms with Gasteiger partial charge in [0.1, 0.15) is 6.54 Å². The Morgan fingerprint density at radius 2 is 1.92 bits per heavy atom. The van der Waals surface area contributed by atoms with E-state index in [1.807, 2.05) is 18.2 Å². The van der Waals surface area contributed by atoms with Crippen molar-refractivity contribution in [2.24, 2.45) is 0 Å². The van der Waals surface area contributed by atoms with Crippen molar-refractivity contribution >= 4 is 62.3 Å². The monoisotopic (exact) mass is 426 g/mol. The Morgan fingerprint density at radius 1 is 1.12 bits per heavy atom. The van der Waals surface area contributed by atoms with E-state index in [9.17, 15) is 9.59 Å². The number of hydrogen-bond acceptors (Lipinski definition) is 2. The zero-order valence-corrected chi connectivity index (χ0v) is 15.6. The highest BCUT2D eigenvalue weighted by Gasteiger charge is 2.26. The van der Waals surface area contributed by atoms with Crippen molar-refractivity contribution in [2.45, 2.75) is 12.8 Å². The van der Waals surface area contributed by atoms with Gasteiger partial charge in [0, 0.05) is 22.3 Å². The Morgan fingerprint density at radius 3 is 2.67 bits per heavy atom. The van der Waals surface area contributed by atoms with Gasteiger partial charge in [-0.25, -0.2) is 0 Å². The van der Waals surface area contributed by atoms with Crippen molar-refractivity contribution in [3.05, 3.63) is 56.5 Å². The third-order valence-corrected chi connectivity index (χ3v) is 4.98. The van der Waals surface area contributed by atoms with E-state index in [1.54, 1.807) is 18.2 Å². The van der Waals surface area contributed by atoms with Crippen molar-refractivity contribution in [1.29, 1.82) is 0 Å². The fourth-order valence-corrected chi connectivity index (χ4v) is 3.33. The molecule has 0 saturated heterocycles. The van der Waals surface area contributed by atoms with Crippen LogP contribution in [0.5, 0.6) is 0 Å². The van der Waals surface area contributed by atoms with Gasteiger partial charge in [0.25, 0.3) is 0 Å². The molecule has 0 aromatic heterocycles. The molecular formula is C17H13BrCl2N2O2. The lowest BCUT2D eigenvalue weighted by Crippen LogP contribution is -2.40. The molecule has 2 amide bonds. The Labute approximate surface area is 157 Å². The third kappa shape index (κ3) is 3.74. The van der Waals surface area contributed by atoms with Crippen LogP contribution in [0.2, 0.25) is 10.0 Å². The number of hydrogen-bond donors (Lipinski definition) is 1. The molecule has 0 bridgehead atoms. The van der Waals surface area contributed by atoms with Crippen LogP contribution < -0.4 is 10.2 Å². The van der Waals surface area contributed by atoms with Crippen molar-refractivity contribution in [3.8, 4) is 0 Å². The van der Waals surface area contributed by atoms with Crippen LogP contribution in [0, 0.1) is 0 Å². The summed E-state index contributed by atoms with van der Waals surface area (Å²) in [6, 6.07) is 10.5. The third-order valence-electron chi connectivity index (χ3n) is 3.75. The number of benzene rings is 2. The maximum atomic E-state index is 12.3. The molecule has 124 valence electrons. The van der Waals surface area contributed by atoms with Crippen LogP contribution in [0.25, 0.3) is 0 Å². The minimum atomic E-state index is -0.294. The fraction of sp³-hybridized carbons (Fsp3) is 0.176. The largest absolute Gasteiger partial charge is 0.324 e. The van der Waals surface area contributed by atoms with Crippen molar-refractivity contribution < 1.29 is 9.59 Å². The Kier molecular flexibility index (Phi) is 5.13. The summed E-state index contributed by atoms with van der Waals surface area (Å²) in [5, 5.41) is 3.51. The summed E-state index contributed by atoms with van der Waals surface area (Å²) in [4.78, 5) is 26.0. The van der Waals surface area contributed by atoms with E-state index in [1.165, 1.54) is 4.90 Å².